The molecule has 4 aliphatic carbocycles. The van der Waals surface area contributed by atoms with Crippen molar-refractivity contribution in [2.24, 2.45) is 17.8 Å². The van der Waals surface area contributed by atoms with Crippen LogP contribution in [0.15, 0.2) is 42.5 Å². The highest BCUT2D eigenvalue weighted by Crippen LogP contribution is 2.61. The summed E-state index contributed by atoms with van der Waals surface area (Å²) in [5.41, 5.74) is 1.99. The fourth-order valence-corrected chi connectivity index (χ4v) is 6.88. The number of hydrogen-bond acceptors (Lipinski definition) is 6. The highest BCUT2D eigenvalue weighted by molar-refractivity contribution is 5.97. The Balaban J connectivity index is 1.34. The number of carbonyl (C=O) groups excluding carboxylic acids is 1. The van der Waals surface area contributed by atoms with Crippen LogP contribution in [-0.4, -0.2) is 43.7 Å². The zero-order chi connectivity index (χ0) is 25.3. The number of ether oxygens (including phenoxy) is 4. The van der Waals surface area contributed by atoms with E-state index in [-0.39, 0.29) is 30.2 Å². The molecule has 4 aliphatic rings. The van der Waals surface area contributed by atoms with Gasteiger partial charge in [0.15, 0.2) is 25.5 Å². The molecule has 0 heterocycles. The number of carbonyl (C=O) groups is 2. The third-order valence-corrected chi connectivity index (χ3v) is 8.23. The smallest absolute Gasteiger partial charge is 0.335 e. The average Bonchev–Trinajstić information content (AvgIpc) is 2.86. The van der Waals surface area contributed by atoms with Crippen LogP contribution < -0.4 is 9.47 Å². The molecule has 36 heavy (non-hydrogen) atoms. The minimum absolute atomic E-state index is 0.0401. The second-order valence-electron chi connectivity index (χ2n) is 10.7. The molecule has 4 saturated carbocycles. The molecule has 0 aliphatic heterocycles. The van der Waals surface area contributed by atoms with Gasteiger partial charge in [-0.2, -0.15) is 0 Å². The second-order valence-corrected chi connectivity index (χ2v) is 10.7. The molecule has 0 radical (unpaired) electrons. The van der Waals surface area contributed by atoms with Crippen molar-refractivity contribution in [2.45, 2.75) is 57.2 Å². The van der Waals surface area contributed by atoms with E-state index in [1.54, 1.807) is 19.2 Å². The van der Waals surface area contributed by atoms with Crippen molar-refractivity contribution in [3.05, 3.63) is 59.2 Å². The lowest BCUT2D eigenvalue weighted by molar-refractivity contribution is -0.150. The number of aromatic carboxylic acids is 1. The Hall–Kier alpha value is -2.90. The molecule has 0 saturated heterocycles. The molecule has 4 bridgehead atoms. The molecule has 0 spiro atoms. The summed E-state index contributed by atoms with van der Waals surface area (Å²) in [4.78, 5) is 24.0. The number of rotatable bonds is 11. The summed E-state index contributed by atoms with van der Waals surface area (Å²) in [7, 11) is 1.58. The van der Waals surface area contributed by atoms with Crippen LogP contribution in [0.4, 0.5) is 0 Å². The van der Waals surface area contributed by atoms with Crippen molar-refractivity contribution < 1.29 is 33.6 Å². The van der Waals surface area contributed by atoms with Crippen LogP contribution in [0.1, 0.15) is 71.7 Å². The van der Waals surface area contributed by atoms with E-state index in [0.29, 0.717) is 17.1 Å². The normalized spacial score (nSPS) is 27.0. The number of hydrogen-bond donors (Lipinski definition) is 1. The average molecular weight is 495 g/mol. The van der Waals surface area contributed by atoms with E-state index in [1.165, 1.54) is 56.2 Å². The minimum Gasteiger partial charge on any atom is -0.485 e. The van der Waals surface area contributed by atoms with Gasteiger partial charge in [-0.1, -0.05) is 12.1 Å². The Kier molecular flexibility index (Phi) is 7.04. The Bertz CT molecular complexity index is 1070. The maximum Gasteiger partial charge on any atom is 0.335 e. The molecule has 7 heteroatoms. The number of ketones is 1. The zero-order valence-corrected chi connectivity index (χ0v) is 20.9. The van der Waals surface area contributed by atoms with Crippen LogP contribution in [0.25, 0.3) is 0 Å². The third kappa shape index (κ3) is 5.13. The molecule has 7 nitrogen and oxygen atoms in total. The maximum absolute atomic E-state index is 13.0. The van der Waals surface area contributed by atoms with Crippen molar-refractivity contribution >= 4 is 11.8 Å². The van der Waals surface area contributed by atoms with Gasteiger partial charge in [0, 0.05) is 18.2 Å². The van der Waals surface area contributed by atoms with Crippen LogP contribution in [0.3, 0.4) is 0 Å². The Morgan fingerprint density at radius 1 is 0.944 bits per heavy atom. The zero-order valence-electron chi connectivity index (χ0n) is 20.9. The largest absolute Gasteiger partial charge is 0.485 e. The molecule has 1 atom stereocenters. The first kappa shape index (κ1) is 24.8. The fraction of sp³-hybridized carbons (Fsp3) is 0.517. The van der Waals surface area contributed by atoms with Gasteiger partial charge in [-0.25, -0.2) is 4.79 Å². The Labute approximate surface area is 211 Å². The van der Waals surface area contributed by atoms with Crippen molar-refractivity contribution in [1.29, 1.82) is 0 Å². The van der Waals surface area contributed by atoms with Gasteiger partial charge in [-0.15, -0.1) is 0 Å². The molecule has 4 fully saturated rings. The first-order chi connectivity index (χ1) is 17.3. The van der Waals surface area contributed by atoms with Crippen molar-refractivity contribution in [3.8, 4) is 11.5 Å². The van der Waals surface area contributed by atoms with Crippen molar-refractivity contribution in [1.82, 2.24) is 0 Å². The van der Waals surface area contributed by atoms with E-state index in [9.17, 15) is 9.59 Å². The van der Waals surface area contributed by atoms with Crippen LogP contribution in [0.2, 0.25) is 0 Å². The van der Waals surface area contributed by atoms with Crippen molar-refractivity contribution in [2.75, 3.05) is 20.5 Å². The first-order valence-electron chi connectivity index (χ1n) is 12.8. The first-order valence-corrected chi connectivity index (χ1v) is 12.8. The molecule has 1 N–H and O–H groups in total. The van der Waals surface area contributed by atoms with E-state index in [0.717, 1.165) is 17.8 Å². The molecule has 192 valence electrons. The van der Waals surface area contributed by atoms with E-state index < -0.39 is 12.3 Å². The number of carboxylic acid groups (broad SMARTS) is 1. The third-order valence-electron chi connectivity index (χ3n) is 8.23. The lowest BCUT2D eigenvalue weighted by atomic mass is 9.48. The highest BCUT2D eigenvalue weighted by atomic mass is 16.7. The lowest BCUT2D eigenvalue weighted by Crippen LogP contribution is -2.48. The van der Waals surface area contributed by atoms with Crippen LogP contribution in [0.5, 0.6) is 11.5 Å². The summed E-state index contributed by atoms with van der Waals surface area (Å²) in [6.45, 7) is 1.70. The molecular weight excluding hydrogens is 460 g/mol. The molecule has 0 amide bonds. The predicted octanol–water partition coefficient (Wildman–Crippen LogP) is 5.46. The summed E-state index contributed by atoms with van der Waals surface area (Å²) in [6.07, 6.45) is 7.23. The SMILES string of the molecule is COC(C)OCOc1cc(C(=O)COc2ccc(C(=O)O)cc2)ccc1C12CC3CC(CC(C3)C1)C2. The summed E-state index contributed by atoms with van der Waals surface area (Å²) in [5, 5.41) is 9.04. The summed E-state index contributed by atoms with van der Waals surface area (Å²) in [5.74, 6) is 2.33. The van der Waals surface area contributed by atoms with Gasteiger partial charge in [-0.3, -0.25) is 4.79 Å². The van der Waals surface area contributed by atoms with E-state index in [2.05, 4.69) is 6.07 Å². The number of benzene rings is 2. The fourth-order valence-electron chi connectivity index (χ4n) is 6.88. The monoisotopic (exact) mass is 494 g/mol. The quantitative estimate of drug-likeness (QED) is 0.328. The number of Topliss-reactive ketones (excluding diaryl/α,β-unsaturated/α-hetero) is 1. The molecule has 1 unspecified atom stereocenters. The van der Waals surface area contributed by atoms with Gasteiger partial charge in [0.2, 0.25) is 0 Å². The Morgan fingerprint density at radius 3 is 2.14 bits per heavy atom. The van der Waals surface area contributed by atoms with Gasteiger partial charge < -0.3 is 24.1 Å². The maximum atomic E-state index is 13.0. The van der Waals surface area contributed by atoms with Crippen LogP contribution in [0, 0.1) is 17.8 Å². The lowest BCUT2D eigenvalue weighted by Gasteiger charge is -2.57. The van der Waals surface area contributed by atoms with Crippen molar-refractivity contribution in [3.63, 3.8) is 0 Å². The van der Waals surface area contributed by atoms with Gasteiger partial charge in [0.25, 0.3) is 0 Å². The molecular formula is C29H34O7. The molecule has 2 aromatic rings. The number of methoxy groups -OCH3 is 1. The van der Waals surface area contributed by atoms with E-state index in [4.69, 9.17) is 24.1 Å². The van der Waals surface area contributed by atoms with Gasteiger partial charge in [-0.05, 0) is 98.9 Å². The molecule has 2 aromatic carbocycles. The summed E-state index contributed by atoms with van der Waals surface area (Å²) < 4.78 is 22.5. The minimum atomic E-state index is -1.01. The summed E-state index contributed by atoms with van der Waals surface area (Å²) >= 11 is 0. The summed E-state index contributed by atoms with van der Waals surface area (Å²) in [6, 6.07) is 11.8. The van der Waals surface area contributed by atoms with Gasteiger partial charge >= 0.3 is 5.97 Å². The Morgan fingerprint density at radius 2 is 1.56 bits per heavy atom. The second kappa shape index (κ2) is 10.2. The van der Waals surface area contributed by atoms with Crippen LogP contribution >= 0.6 is 0 Å². The highest BCUT2D eigenvalue weighted by Gasteiger charge is 2.52. The van der Waals surface area contributed by atoms with Crippen LogP contribution in [-0.2, 0) is 14.9 Å². The molecule has 6 rings (SSSR count). The topological polar surface area (TPSA) is 91.3 Å². The predicted molar refractivity (Wildman–Crippen MR) is 133 cm³/mol. The van der Waals surface area contributed by atoms with E-state index >= 15 is 0 Å². The van der Waals surface area contributed by atoms with Gasteiger partial charge in [0.05, 0.1) is 5.56 Å². The standard InChI is InChI=1S/C29H34O7/c1-18(33-2)35-17-36-27-12-23(26(30)16-34-24-6-3-22(4-7-24)28(31)32)5-8-25(27)29-13-19-9-20(14-29)11-21(10-19)15-29/h3-8,12,18-21H,9-11,13-17H2,1-2H3,(H,31,32). The molecule has 0 aromatic heterocycles. The van der Waals surface area contributed by atoms with E-state index in [1.807, 2.05) is 19.1 Å². The van der Waals surface area contributed by atoms with Gasteiger partial charge in [0.1, 0.15) is 11.5 Å². The number of carboxylic acids is 1.